The molecule has 0 bridgehead atoms. The van der Waals surface area contributed by atoms with Crippen molar-refractivity contribution in [2.24, 2.45) is 4.99 Å². The van der Waals surface area contributed by atoms with Crippen molar-refractivity contribution in [1.29, 1.82) is 0 Å². The minimum atomic E-state index is -0.205. The fourth-order valence-corrected chi connectivity index (χ4v) is 2.69. The van der Waals surface area contributed by atoms with E-state index in [1.54, 1.807) is 7.05 Å². The lowest BCUT2D eigenvalue weighted by molar-refractivity contribution is 0.0389. The average Bonchev–Trinajstić information content (AvgIpc) is 2.59. The first-order valence-electron chi connectivity index (χ1n) is 8.52. The van der Waals surface area contributed by atoms with Crippen LogP contribution in [0.4, 0.5) is 4.39 Å². The third kappa shape index (κ3) is 5.76. The maximum atomic E-state index is 13.1. The zero-order valence-corrected chi connectivity index (χ0v) is 14.9. The van der Waals surface area contributed by atoms with E-state index < -0.39 is 0 Å². The van der Waals surface area contributed by atoms with E-state index in [4.69, 9.17) is 4.74 Å². The molecule has 1 heterocycles. The van der Waals surface area contributed by atoms with Crippen LogP contribution in [0.15, 0.2) is 29.3 Å². The van der Waals surface area contributed by atoms with Gasteiger partial charge in [0.1, 0.15) is 5.82 Å². The number of guanidine groups is 1. The lowest BCUT2D eigenvalue weighted by Crippen LogP contribution is -2.46. The number of rotatable bonds is 6. The highest BCUT2D eigenvalue weighted by molar-refractivity contribution is 5.79. The van der Waals surface area contributed by atoms with Gasteiger partial charge in [-0.05, 0) is 17.7 Å². The first-order chi connectivity index (χ1) is 11.5. The second-order valence-electron chi connectivity index (χ2n) is 6.70. The quantitative estimate of drug-likeness (QED) is 0.612. The van der Waals surface area contributed by atoms with E-state index in [1.807, 2.05) is 12.1 Å². The Hall–Kier alpha value is -1.66. The number of hydrogen-bond acceptors (Lipinski definition) is 3. The Balaban J connectivity index is 1.76. The predicted octanol–water partition coefficient (Wildman–Crippen LogP) is 1.60. The van der Waals surface area contributed by atoms with Gasteiger partial charge in [0.2, 0.25) is 0 Å². The van der Waals surface area contributed by atoms with Gasteiger partial charge in [-0.25, -0.2) is 4.39 Å². The lowest BCUT2D eigenvalue weighted by Gasteiger charge is -2.28. The Morgan fingerprint density at radius 2 is 1.88 bits per heavy atom. The minimum Gasteiger partial charge on any atom is -0.379 e. The Morgan fingerprint density at radius 1 is 1.21 bits per heavy atom. The third-order valence-corrected chi connectivity index (χ3v) is 4.37. The topological polar surface area (TPSA) is 48.9 Å². The molecule has 1 aromatic rings. The summed E-state index contributed by atoms with van der Waals surface area (Å²) < 4.78 is 18.4. The van der Waals surface area contributed by atoms with Crippen molar-refractivity contribution >= 4 is 5.96 Å². The fraction of sp³-hybridized carbons (Fsp3) is 0.611. The molecule has 24 heavy (non-hydrogen) atoms. The molecule has 0 aromatic heterocycles. The molecule has 0 unspecified atom stereocenters. The van der Waals surface area contributed by atoms with E-state index in [0.717, 1.165) is 57.5 Å². The molecule has 2 rings (SSSR count). The fourth-order valence-electron chi connectivity index (χ4n) is 2.69. The van der Waals surface area contributed by atoms with E-state index in [9.17, 15) is 4.39 Å². The van der Waals surface area contributed by atoms with Crippen molar-refractivity contribution in [3.05, 3.63) is 35.6 Å². The summed E-state index contributed by atoms with van der Waals surface area (Å²) in [7, 11) is 1.77. The van der Waals surface area contributed by atoms with Gasteiger partial charge in [0, 0.05) is 45.2 Å². The molecule has 0 amide bonds. The molecule has 0 saturated carbocycles. The molecular formula is C18H29FN4O. The second-order valence-corrected chi connectivity index (χ2v) is 6.70. The van der Waals surface area contributed by atoms with E-state index in [-0.39, 0.29) is 11.2 Å². The maximum Gasteiger partial charge on any atom is 0.191 e. The lowest BCUT2D eigenvalue weighted by atomic mass is 9.84. The molecule has 1 saturated heterocycles. The predicted molar refractivity (Wildman–Crippen MR) is 96.0 cm³/mol. The van der Waals surface area contributed by atoms with Crippen LogP contribution in [-0.4, -0.2) is 63.8 Å². The number of ether oxygens (including phenoxy) is 1. The van der Waals surface area contributed by atoms with Crippen LogP contribution in [0, 0.1) is 5.82 Å². The van der Waals surface area contributed by atoms with Gasteiger partial charge in [-0.2, -0.15) is 0 Å². The summed E-state index contributed by atoms with van der Waals surface area (Å²) in [5.74, 6) is 0.585. The second kappa shape index (κ2) is 8.99. The van der Waals surface area contributed by atoms with Crippen LogP contribution in [0.3, 0.4) is 0 Å². The third-order valence-electron chi connectivity index (χ3n) is 4.37. The van der Waals surface area contributed by atoms with Gasteiger partial charge in [-0.15, -0.1) is 0 Å². The minimum absolute atomic E-state index is 0.116. The molecule has 0 atom stereocenters. The molecular weight excluding hydrogens is 307 g/mol. The summed E-state index contributed by atoms with van der Waals surface area (Å²) in [4.78, 5) is 6.65. The molecule has 5 nitrogen and oxygen atoms in total. The number of halogens is 1. The number of aliphatic imine (C=N–C) groups is 1. The molecule has 1 aromatic carbocycles. The maximum absolute atomic E-state index is 13.1. The van der Waals surface area contributed by atoms with Crippen LogP contribution in [0.5, 0.6) is 0 Å². The van der Waals surface area contributed by atoms with E-state index >= 15 is 0 Å². The van der Waals surface area contributed by atoms with Crippen molar-refractivity contribution in [1.82, 2.24) is 15.5 Å². The molecule has 1 fully saturated rings. The van der Waals surface area contributed by atoms with E-state index in [2.05, 4.69) is 34.4 Å². The standard InChI is InChI=1S/C18H29FN4O/c1-18(2,15-4-6-16(19)7-5-15)14-22-17(20-3)21-8-9-23-10-12-24-13-11-23/h4-7H,8-14H2,1-3H3,(H2,20,21,22). The molecule has 0 radical (unpaired) electrons. The number of morpholine rings is 1. The van der Waals surface area contributed by atoms with Crippen LogP contribution in [0.1, 0.15) is 19.4 Å². The summed E-state index contributed by atoms with van der Waals surface area (Å²) in [5, 5.41) is 6.71. The number of nitrogens with one attached hydrogen (secondary N) is 2. The van der Waals surface area contributed by atoms with Crippen LogP contribution in [-0.2, 0) is 10.2 Å². The average molecular weight is 336 g/mol. The Labute approximate surface area is 144 Å². The molecule has 6 heteroatoms. The summed E-state index contributed by atoms with van der Waals surface area (Å²) in [6.45, 7) is 10.4. The smallest absolute Gasteiger partial charge is 0.191 e. The summed E-state index contributed by atoms with van der Waals surface area (Å²) in [6.07, 6.45) is 0. The highest BCUT2D eigenvalue weighted by Gasteiger charge is 2.21. The van der Waals surface area contributed by atoms with Gasteiger partial charge in [-0.1, -0.05) is 26.0 Å². The normalized spacial score (nSPS) is 16.9. The Morgan fingerprint density at radius 3 is 2.50 bits per heavy atom. The van der Waals surface area contributed by atoms with Crippen LogP contribution in [0.25, 0.3) is 0 Å². The summed E-state index contributed by atoms with van der Waals surface area (Å²) in [5.41, 5.74) is 0.982. The van der Waals surface area contributed by atoms with Crippen molar-refractivity contribution in [3.8, 4) is 0 Å². The van der Waals surface area contributed by atoms with Crippen molar-refractivity contribution < 1.29 is 9.13 Å². The Kier molecular flexibility index (Phi) is 6.99. The highest BCUT2D eigenvalue weighted by Crippen LogP contribution is 2.22. The van der Waals surface area contributed by atoms with Gasteiger partial charge in [0.15, 0.2) is 5.96 Å². The molecule has 2 N–H and O–H groups in total. The van der Waals surface area contributed by atoms with Gasteiger partial charge in [0.25, 0.3) is 0 Å². The summed E-state index contributed by atoms with van der Waals surface area (Å²) in [6, 6.07) is 6.69. The molecule has 0 spiro atoms. The molecule has 1 aliphatic rings. The zero-order chi connectivity index (χ0) is 17.4. The number of nitrogens with zero attached hydrogens (tertiary/aromatic N) is 2. The summed E-state index contributed by atoms with van der Waals surface area (Å²) >= 11 is 0. The monoisotopic (exact) mass is 336 g/mol. The van der Waals surface area contributed by atoms with Crippen molar-refractivity contribution in [2.75, 3.05) is 53.0 Å². The van der Waals surface area contributed by atoms with Crippen molar-refractivity contribution in [2.45, 2.75) is 19.3 Å². The van der Waals surface area contributed by atoms with E-state index in [1.165, 1.54) is 12.1 Å². The van der Waals surface area contributed by atoms with Gasteiger partial charge >= 0.3 is 0 Å². The van der Waals surface area contributed by atoms with Gasteiger partial charge < -0.3 is 15.4 Å². The Bertz CT molecular complexity index is 524. The first-order valence-corrected chi connectivity index (χ1v) is 8.52. The molecule has 1 aliphatic heterocycles. The molecule has 134 valence electrons. The van der Waals surface area contributed by atoms with Crippen LogP contribution < -0.4 is 10.6 Å². The van der Waals surface area contributed by atoms with Crippen molar-refractivity contribution in [3.63, 3.8) is 0 Å². The number of benzene rings is 1. The number of hydrogen-bond donors (Lipinski definition) is 2. The van der Waals surface area contributed by atoms with Gasteiger partial charge in [0.05, 0.1) is 13.2 Å². The van der Waals surface area contributed by atoms with Gasteiger partial charge in [-0.3, -0.25) is 9.89 Å². The largest absolute Gasteiger partial charge is 0.379 e. The molecule has 0 aliphatic carbocycles. The first kappa shape index (κ1) is 18.7. The van der Waals surface area contributed by atoms with Crippen LogP contribution >= 0.6 is 0 Å². The highest BCUT2D eigenvalue weighted by atomic mass is 19.1. The van der Waals surface area contributed by atoms with E-state index in [0.29, 0.717) is 0 Å². The zero-order valence-electron chi connectivity index (χ0n) is 14.9. The van der Waals surface area contributed by atoms with Crippen LogP contribution in [0.2, 0.25) is 0 Å². The SMILES string of the molecule is CN=C(NCCN1CCOCC1)NCC(C)(C)c1ccc(F)cc1.